The number of likely N-dealkylation sites (tertiary alicyclic amines) is 1. The van der Waals surface area contributed by atoms with Gasteiger partial charge in [0.25, 0.3) is 5.91 Å². The molecule has 4 heteroatoms. The van der Waals surface area contributed by atoms with Gasteiger partial charge in [-0.3, -0.25) is 9.69 Å². The number of aryl methyl sites for hydroxylation is 1. The number of amides is 1. The second kappa shape index (κ2) is 7.25. The van der Waals surface area contributed by atoms with Gasteiger partial charge in [-0.1, -0.05) is 18.2 Å². The number of rotatable bonds is 3. The highest BCUT2D eigenvalue weighted by Gasteiger charge is 2.26. The highest BCUT2D eigenvalue weighted by Crippen LogP contribution is 2.21. The predicted molar refractivity (Wildman–Crippen MR) is 87.1 cm³/mol. The highest BCUT2D eigenvalue weighted by molar-refractivity contribution is 5.95. The van der Waals surface area contributed by atoms with Gasteiger partial charge in [0.1, 0.15) is 0 Å². The van der Waals surface area contributed by atoms with Crippen molar-refractivity contribution in [2.24, 2.45) is 5.92 Å². The van der Waals surface area contributed by atoms with Crippen molar-refractivity contribution in [3.63, 3.8) is 0 Å². The molecule has 2 aliphatic heterocycles. The summed E-state index contributed by atoms with van der Waals surface area (Å²) >= 11 is 0. The van der Waals surface area contributed by atoms with Crippen molar-refractivity contribution >= 4 is 5.91 Å². The maximum absolute atomic E-state index is 12.6. The van der Waals surface area contributed by atoms with Crippen LogP contribution < -0.4 is 0 Å². The summed E-state index contributed by atoms with van der Waals surface area (Å²) in [7, 11) is 0. The molecule has 22 heavy (non-hydrogen) atoms. The Bertz CT molecular complexity index is 504. The Hall–Kier alpha value is -1.39. The third-order valence-corrected chi connectivity index (χ3v) is 4.90. The van der Waals surface area contributed by atoms with Gasteiger partial charge in [-0.15, -0.1) is 0 Å². The molecule has 0 spiro atoms. The number of carbonyl (C=O) groups is 1. The SMILES string of the molecule is Cc1ccccc1C(=O)N1CCC(CN2CCOCC2)CC1. The van der Waals surface area contributed by atoms with Crippen LogP contribution in [0.25, 0.3) is 0 Å². The molecule has 2 heterocycles. The molecule has 0 saturated carbocycles. The number of ether oxygens (including phenoxy) is 1. The van der Waals surface area contributed by atoms with Crippen molar-refractivity contribution < 1.29 is 9.53 Å². The van der Waals surface area contributed by atoms with Gasteiger partial charge < -0.3 is 9.64 Å². The van der Waals surface area contributed by atoms with Gasteiger partial charge >= 0.3 is 0 Å². The van der Waals surface area contributed by atoms with Gasteiger partial charge in [0, 0.05) is 38.3 Å². The standard InChI is InChI=1S/C18H26N2O2/c1-15-4-2-3-5-17(15)18(21)20-8-6-16(7-9-20)14-19-10-12-22-13-11-19/h2-5,16H,6-14H2,1H3. The number of carbonyl (C=O) groups excluding carboxylic acids is 1. The van der Waals surface area contributed by atoms with Crippen LogP contribution in [0.5, 0.6) is 0 Å². The maximum Gasteiger partial charge on any atom is 0.254 e. The summed E-state index contributed by atoms with van der Waals surface area (Å²) < 4.78 is 5.40. The Kier molecular flexibility index (Phi) is 5.11. The van der Waals surface area contributed by atoms with Crippen molar-refractivity contribution in [2.75, 3.05) is 45.9 Å². The minimum absolute atomic E-state index is 0.197. The van der Waals surface area contributed by atoms with E-state index in [1.165, 1.54) is 0 Å². The number of morpholine rings is 1. The Balaban J connectivity index is 1.51. The first-order valence-electron chi connectivity index (χ1n) is 8.39. The molecule has 0 bridgehead atoms. The summed E-state index contributed by atoms with van der Waals surface area (Å²) in [4.78, 5) is 17.1. The largest absolute Gasteiger partial charge is 0.379 e. The number of hydrogen-bond donors (Lipinski definition) is 0. The zero-order valence-electron chi connectivity index (χ0n) is 13.5. The first-order chi connectivity index (χ1) is 10.7. The third kappa shape index (κ3) is 3.68. The zero-order valence-corrected chi connectivity index (χ0v) is 13.5. The van der Waals surface area contributed by atoms with Crippen LogP contribution in [0.3, 0.4) is 0 Å². The summed E-state index contributed by atoms with van der Waals surface area (Å²) in [6, 6.07) is 7.89. The molecule has 2 aliphatic rings. The van der Waals surface area contributed by atoms with Crippen LogP contribution in [-0.4, -0.2) is 61.6 Å². The van der Waals surface area contributed by atoms with E-state index in [0.717, 1.165) is 75.8 Å². The van der Waals surface area contributed by atoms with Crippen molar-refractivity contribution in [1.29, 1.82) is 0 Å². The topological polar surface area (TPSA) is 32.8 Å². The van der Waals surface area contributed by atoms with Crippen molar-refractivity contribution in [1.82, 2.24) is 9.80 Å². The molecule has 0 aromatic heterocycles. The van der Waals surface area contributed by atoms with Crippen molar-refractivity contribution in [3.8, 4) is 0 Å². The molecule has 0 aliphatic carbocycles. The highest BCUT2D eigenvalue weighted by atomic mass is 16.5. The third-order valence-electron chi connectivity index (χ3n) is 4.90. The van der Waals surface area contributed by atoms with Crippen molar-refractivity contribution in [3.05, 3.63) is 35.4 Å². The first-order valence-corrected chi connectivity index (χ1v) is 8.39. The van der Waals surface area contributed by atoms with E-state index in [1.54, 1.807) is 0 Å². The number of benzene rings is 1. The molecular weight excluding hydrogens is 276 g/mol. The minimum Gasteiger partial charge on any atom is -0.379 e. The van der Waals surface area contributed by atoms with E-state index in [4.69, 9.17) is 4.74 Å². The fraction of sp³-hybridized carbons (Fsp3) is 0.611. The lowest BCUT2D eigenvalue weighted by Gasteiger charge is -2.36. The van der Waals surface area contributed by atoms with E-state index >= 15 is 0 Å². The second-order valence-corrected chi connectivity index (χ2v) is 6.46. The lowest BCUT2D eigenvalue weighted by atomic mass is 9.95. The van der Waals surface area contributed by atoms with E-state index in [2.05, 4.69) is 4.90 Å². The summed E-state index contributed by atoms with van der Waals surface area (Å²) in [5.74, 6) is 0.918. The van der Waals surface area contributed by atoms with E-state index in [1.807, 2.05) is 36.1 Å². The summed E-state index contributed by atoms with van der Waals surface area (Å²) in [5.41, 5.74) is 1.93. The molecule has 120 valence electrons. The molecule has 2 fully saturated rings. The molecule has 1 aromatic rings. The van der Waals surface area contributed by atoms with Gasteiger partial charge in [0.2, 0.25) is 0 Å². The lowest BCUT2D eigenvalue weighted by molar-refractivity contribution is 0.0243. The molecule has 3 rings (SSSR count). The smallest absolute Gasteiger partial charge is 0.254 e. The monoisotopic (exact) mass is 302 g/mol. The second-order valence-electron chi connectivity index (χ2n) is 6.46. The number of hydrogen-bond acceptors (Lipinski definition) is 3. The summed E-state index contributed by atoms with van der Waals surface area (Å²) in [6.45, 7) is 8.80. The number of piperidine rings is 1. The molecule has 1 amide bonds. The average molecular weight is 302 g/mol. The summed E-state index contributed by atoms with van der Waals surface area (Å²) in [5, 5.41) is 0. The van der Waals surface area contributed by atoms with Gasteiger partial charge in [-0.05, 0) is 37.3 Å². The van der Waals surface area contributed by atoms with Crippen LogP contribution in [-0.2, 0) is 4.74 Å². The molecule has 0 unspecified atom stereocenters. The Morgan fingerprint density at radius 2 is 1.82 bits per heavy atom. The van der Waals surface area contributed by atoms with Crippen LogP contribution in [0.1, 0.15) is 28.8 Å². The van der Waals surface area contributed by atoms with E-state index < -0.39 is 0 Å². The van der Waals surface area contributed by atoms with Gasteiger partial charge in [0.15, 0.2) is 0 Å². The average Bonchev–Trinajstić information content (AvgIpc) is 2.56. The predicted octanol–water partition coefficient (Wildman–Crippen LogP) is 2.18. The number of nitrogens with zero attached hydrogens (tertiary/aromatic N) is 2. The van der Waals surface area contributed by atoms with Gasteiger partial charge in [-0.2, -0.15) is 0 Å². The Labute approximate surface area is 133 Å². The fourth-order valence-corrected chi connectivity index (χ4v) is 3.45. The molecule has 0 atom stereocenters. The van der Waals surface area contributed by atoms with Crippen LogP contribution in [0.4, 0.5) is 0 Å². The zero-order chi connectivity index (χ0) is 15.4. The molecule has 4 nitrogen and oxygen atoms in total. The quantitative estimate of drug-likeness (QED) is 0.858. The molecular formula is C18H26N2O2. The van der Waals surface area contributed by atoms with E-state index in [0.29, 0.717) is 0 Å². The Morgan fingerprint density at radius 1 is 1.14 bits per heavy atom. The molecule has 1 aromatic carbocycles. The molecule has 0 radical (unpaired) electrons. The Morgan fingerprint density at radius 3 is 2.50 bits per heavy atom. The minimum atomic E-state index is 0.197. The van der Waals surface area contributed by atoms with Crippen LogP contribution in [0.15, 0.2) is 24.3 Å². The van der Waals surface area contributed by atoms with Crippen LogP contribution in [0.2, 0.25) is 0 Å². The molecule has 2 saturated heterocycles. The van der Waals surface area contributed by atoms with E-state index in [-0.39, 0.29) is 5.91 Å². The van der Waals surface area contributed by atoms with Crippen LogP contribution in [0, 0.1) is 12.8 Å². The normalized spacial score (nSPS) is 21.0. The van der Waals surface area contributed by atoms with E-state index in [9.17, 15) is 4.79 Å². The first kappa shape index (κ1) is 15.5. The lowest BCUT2D eigenvalue weighted by Crippen LogP contribution is -2.44. The van der Waals surface area contributed by atoms with Crippen LogP contribution >= 0.6 is 0 Å². The van der Waals surface area contributed by atoms with Crippen molar-refractivity contribution in [2.45, 2.75) is 19.8 Å². The maximum atomic E-state index is 12.6. The molecule has 0 N–H and O–H groups in total. The van der Waals surface area contributed by atoms with Gasteiger partial charge in [0.05, 0.1) is 13.2 Å². The van der Waals surface area contributed by atoms with Gasteiger partial charge in [-0.25, -0.2) is 0 Å². The summed E-state index contributed by atoms with van der Waals surface area (Å²) in [6.07, 6.45) is 2.24. The fourth-order valence-electron chi connectivity index (χ4n) is 3.45.